The van der Waals surface area contributed by atoms with E-state index in [1.54, 1.807) is 29.5 Å². The van der Waals surface area contributed by atoms with Gasteiger partial charge in [-0.2, -0.15) is 5.10 Å². The van der Waals surface area contributed by atoms with E-state index < -0.39 is 0 Å². The first kappa shape index (κ1) is 16.2. The fraction of sp³-hybridized carbons (Fsp3) is 0.0476. The van der Waals surface area contributed by atoms with Crippen LogP contribution in [0.2, 0.25) is 0 Å². The molecule has 0 aliphatic heterocycles. The predicted octanol–water partition coefficient (Wildman–Crippen LogP) is 3.49. The number of hydrogen-bond acceptors (Lipinski definition) is 5. The molecule has 0 amide bonds. The van der Waals surface area contributed by atoms with Crippen LogP contribution in [0.3, 0.4) is 0 Å². The van der Waals surface area contributed by atoms with Crippen LogP contribution in [0.15, 0.2) is 82.9 Å². The van der Waals surface area contributed by atoms with E-state index in [1.165, 1.54) is 6.26 Å². The van der Waals surface area contributed by atoms with Crippen molar-refractivity contribution in [1.29, 1.82) is 0 Å². The first-order chi connectivity index (χ1) is 13.8. The molecule has 3 heterocycles. The Morgan fingerprint density at radius 3 is 2.82 bits per heavy atom. The van der Waals surface area contributed by atoms with Crippen LogP contribution in [0, 0.1) is 0 Å². The Morgan fingerprint density at radius 1 is 1.04 bits per heavy atom. The summed E-state index contributed by atoms with van der Waals surface area (Å²) in [4.78, 5) is 21.7. The zero-order valence-electron chi connectivity index (χ0n) is 14.7. The summed E-state index contributed by atoms with van der Waals surface area (Å²) >= 11 is 0. The highest BCUT2D eigenvalue weighted by molar-refractivity contribution is 5.83. The third-order valence-electron chi connectivity index (χ3n) is 4.61. The van der Waals surface area contributed by atoms with Crippen molar-refractivity contribution in [1.82, 2.24) is 24.7 Å². The Morgan fingerprint density at radius 2 is 2.00 bits per heavy atom. The van der Waals surface area contributed by atoms with Crippen LogP contribution in [-0.4, -0.2) is 24.7 Å². The number of H-pyrrole nitrogens is 1. The number of oxazole rings is 1. The average molecular weight is 369 g/mol. The lowest BCUT2D eigenvalue weighted by atomic mass is 10.1. The molecule has 0 atom stereocenters. The van der Waals surface area contributed by atoms with E-state index >= 15 is 0 Å². The molecule has 0 fully saturated rings. The third-order valence-corrected chi connectivity index (χ3v) is 4.61. The Labute approximate surface area is 159 Å². The van der Waals surface area contributed by atoms with Crippen molar-refractivity contribution >= 4 is 10.9 Å². The highest BCUT2D eigenvalue weighted by Crippen LogP contribution is 2.21. The van der Waals surface area contributed by atoms with Gasteiger partial charge in [-0.25, -0.2) is 9.97 Å². The van der Waals surface area contributed by atoms with Gasteiger partial charge in [0.15, 0.2) is 0 Å². The summed E-state index contributed by atoms with van der Waals surface area (Å²) < 4.78 is 6.96. The van der Waals surface area contributed by atoms with Crippen molar-refractivity contribution in [3.05, 3.63) is 89.6 Å². The molecule has 5 rings (SSSR count). The number of aromatic nitrogens is 5. The summed E-state index contributed by atoms with van der Waals surface area (Å²) in [6.07, 6.45) is 8.25. The highest BCUT2D eigenvalue weighted by atomic mass is 16.3. The molecule has 7 nitrogen and oxygen atoms in total. The first-order valence-electron chi connectivity index (χ1n) is 8.75. The predicted molar refractivity (Wildman–Crippen MR) is 105 cm³/mol. The SMILES string of the molecule is O=c1c2cc(-c3cn[nH]c3)ccc2ncn1Cc1cccc(-c2ncco2)c1. The molecule has 2 aromatic carbocycles. The van der Waals surface area contributed by atoms with Gasteiger partial charge in [-0.3, -0.25) is 14.5 Å². The summed E-state index contributed by atoms with van der Waals surface area (Å²) in [6, 6.07) is 13.4. The summed E-state index contributed by atoms with van der Waals surface area (Å²) in [5.41, 5.74) is 4.26. The molecule has 0 spiro atoms. The molecule has 28 heavy (non-hydrogen) atoms. The molecule has 7 heteroatoms. The minimum absolute atomic E-state index is 0.0862. The van der Waals surface area contributed by atoms with Crippen molar-refractivity contribution < 1.29 is 4.42 Å². The monoisotopic (exact) mass is 369 g/mol. The fourth-order valence-electron chi connectivity index (χ4n) is 3.23. The molecule has 5 aromatic rings. The van der Waals surface area contributed by atoms with E-state index in [4.69, 9.17) is 4.42 Å². The van der Waals surface area contributed by atoms with Crippen molar-refractivity contribution in [2.24, 2.45) is 0 Å². The van der Waals surface area contributed by atoms with Crippen molar-refractivity contribution in [3.8, 4) is 22.6 Å². The Bertz CT molecular complexity index is 1300. The molecule has 0 unspecified atom stereocenters. The van der Waals surface area contributed by atoms with E-state index in [0.29, 0.717) is 23.3 Å². The summed E-state index contributed by atoms with van der Waals surface area (Å²) in [7, 11) is 0. The average Bonchev–Trinajstić information content (AvgIpc) is 3.45. The Kier molecular flexibility index (Phi) is 3.83. The van der Waals surface area contributed by atoms with Gasteiger partial charge < -0.3 is 4.42 Å². The highest BCUT2D eigenvalue weighted by Gasteiger charge is 2.09. The van der Waals surface area contributed by atoms with Crippen LogP contribution in [0.1, 0.15) is 5.56 Å². The number of nitrogens with zero attached hydrogens (tertiary/aromatic N) is 4. The molecule has 136 valence electrons. The summed E-state index contributed by atoms with van der Waals surface area (Å²) in [6.45, 7) is 0.409. The first-order valence-corrected chi connectivity index (χ1v) is 8.75. The number of aromatic amines is 1. The van der Waals surface area contributed by atoms with Crippen LogP contribution in [0.4, 0.5) is 0 Å². The van der Waals surface area contributed by atoms with Crippen molar-refractivity contribution in [3.63, 3.8) is 0 Å². The number of nitrogens with one attached hydrogen (secondary N) is 1. The molecule has 0 radical (unpaired) electrons. The minimum atomic E-state index is -0.0862. The normalized spacial score (nSPS) is 11.1. The largest absolute Gasteiger partial charge is 0.445 e. The minimum Gasteiger partial charge on any atom is -0.445 e. The van der Waals surface area contributed by atoms with Gasteiger partial charge in [0.2, 0.25) is 5.89 Å². The maximum Gasteiger partial charge on any atom is 0.261 e. The summed E-state index contributed by atoms with van der Waals surface area (Å²) in [5.74, 6) is 0.551. The third kappa shape index (κ3) is 2.88. The molecule has 1 N–H and O–H groups in total. The number of hydrogen-bond donors (Lipinski definition) is 1. The lowest BCUT2D eigenvalue weighted by Gasteiger charge is -2.08. The van der Waals surface area contributed by atoms with Gasteiger partial charge in [0.1, 0.15) is 6.26 Å². The van der Waals surface area contributed by atoms with Gasteiger partial charge in [0.05, 0.1) is 36.2 Å². The quantitative estimate of drug-likeness (QED) is 0.524. The number of fused-ring (bicyclic) bond motifs is 1. The fourth-order valence-corrected chi connectivity index (χ4v) is 3.23. The van der Waals surface area contributed by atoms with Gasteiger partial charge in [-0.05, 0) is 35.4 Å². The van der Waals surface area contributed by atoms with Crippen LogP contribution in [0.25, 0.3) is 33.5 Å². The van der Waals surface area contributed by atoms with Crippen LogP contribution in [-0.2, 0) is 6.54 Å². The maximum atomic E-state index is 13.0. The van der Waals surface area contributed by atoms with Crippen LogP contribution >= 0.6 is 0 Å². The van der Waals surface area contributed by atoms with Gasteiger partial charge >= 0.3 is 0 Å². The lowest BCUT2D eigenvalue weighted by molar-refractivity contribution is 0.574. The van der Waals surface area contributed by atoms with Crippen LogP contribution in [0.5, 0.6) is 0 Å². The van der Waals surface area contributed by atoms with Gasteiger partial charge in [-0.1, -0.05) is 18.2 Å². The second-order valence-electron chi connectivity index (χ2n) is 6.43. The zero-order valence-corrected chi connectivity index (χ0v) is 14.7. The topological polar surface area (TPSA) is 89.6 Å². The van der Waals surface area contributed by atoms with Crippen molar-refractivity contribution in [2.45, 2.75) is 6.54 Å². The number of benzene rings is 2. The Hall–Kier alpha value is -4.00. The lowest BCUT2D eigenvalue weighted by Crippen LogP contribution is -2.21. The summed E-state index contributed by atoms with van der Waals surface area (Å²) in [5, 5.41) is 7.33. The van der Waals surface area contributed by atoms with E-state index in [9.17, 15) is 4.79 Å². The molecule has 0 saturated carbocycles. The van der Waals surface area contributed by atoms with Crippen molar-refractivity contribution in [2.75, 3.05) is 0 Å². The van der Waals surface area contributed by atoms with E-state index in [0.717, 1.165) is 22.3 Å². The van der Waals surface area contributed by atoms with E-state index in [2.05, 4.69) is 20.2 Å². The standard InChI is InChI=1S/C21H15N5O2/c27-21-18-9-15(17-10-24-25-11-17)4-5-19(18)23-13-26(21)12-14-2-1-3-16(8-14)20-22-6-7-28-20/h1-11,13H,12H2,(H,24,25). The molecule has 3 aromatic heterocycles. The number of rotatable bonds is 4. The molecule has 0 aliphatic rings. The van der Waals surface area contributed by atoms with Gasteiger partial charge in [0.25, 0.3) is 5.56 Å². The molecule has 0 saturated heterocycles. The van der Waals surface area contributed by atoms with E-state index in [-0.39, 0.29) is 5.56 Å². The zero-order chi connectivity index (χ0) is 18.9. The Balaban J connectivity index is 1.54. The molecule has 0 bridgehead atoms. The van der Waals surface area contributed by atoms with E-state index in [1.807, 2.05) is 42.5 Å². The maximum absolute atomic E-state index is 13.0. The van der Waals surface area contributed by atoms with Gasteiger partial charge in [-0.15, -0.1) is 0 Å². The van der Waals surface area contributed by atoms with Gasteiger partial charge in [0, 0.05) is 17.3 Å². The molecular formula is C21H15N5O2. The second kappa shape index (κ2) is 6.62. The molecule has 0 aliphatic carbocycles. The molecular weight excluding hydrogens is 354 g/mol. The van der Waals surface area contributed by atoms with Crippen LogP contribution < -0.4 is 5.56 Å². The smallest absolute Gasteiger partial charge is 0.261 e. The second-order valence-corrected chi connectivity index (χ2v) is 6.43.